The topological polar surface area (TPSA) is 57.5 Å². The van der Waals surface area contributed by atoms with Gasteiger partial charge in [-0.3, -0.25) is 14.2 Å². The lowest BCUT2D eigenvalue weighted by Gasteiger charge is -2.17. The molecule has 0 aliphatic carbocycles. The zero-order chi connectivity index (χ0) is 24.0. The zero-order valence-corrected chi connectivity index (χ0v) is 18.9. The van der Waals surface area contributed by atoms with Crippen LogP contribution in [0.5, 0.6) is 11.5 Å². The summed E-state index contributed by atoms with van der Waals surface area (Å²) in [6.07, 6.45) is -5.74. The fourth-order valence-corrected chi connectivity index (χ4v) is 5.13. The molecule has 2 heterocycles. The van der Waals surface area contributed by atoms with Crippen molar-refractivity contribution in [3.63, 3.8) is 0 Å². The van der Waals surface area contributed by atoms with E-state index in [0.717, 1.165) is 23.6 Å². The molecule has 0 bridgehead atoms. The van der Waals surface area contributed by atoms with E-state index in [9.17, 15) is 31.5 Å². The highest BCUT2D eigenvalue weighted by atomic mass is 35.5. The minimum Gasteiger partial charge on any atom is -0.495 e. The summed E-state index contributed by atoms with van der Waals surface area (Å²) < 4.78 is 75.3. The van der Waals surface area contributed by atoms with Crippen molar-refractivity contribution in [2.75, 3.05) is 7.11 Å². The Morgan fingerprint density at radius 2 is 1.78 bits per heavy atom. The summed E-state index contributed by atoms with van der Waals surface area (Å²) in [4.78, 5) is 24.6. The molecule has 0 radical (unpaired) electrons. The SMILES string of the molecule is COc1ccc2c(c1Cl)c(OC(C)=O)c(C)n2C(=O)c1ccc(SC(F)(F)C(F)(F)F)s1. The van der Waals surface area contributed by atoms with Crippen LogP contribution in [0.2, 0.25) is 5.02 Å². The monoisotopic (exact) mass is 513 g/mol. The van der Waals surface area contributed by atoms with Crippen LogP contribution in [0.3, 0.4) is 0 Å². The number of benzene rings is 1. The lowest BCUT2D eigenvalue weighted by molar-refractivity contribution is -0.237. The van der Waals surface area contributed by atoms with Crippen molar-refractivity contribution >= 4 is 57.5 Å². The number of halogens is 6. The molecule has 32 heavy (non-hydrogen) atoms. The van der Waals surface area contributed by atoms with E-state index in [1.165, 1.54) is 26.2 Å². The van der Waals surface area contributed by atoms with Crippen molar-refractivity contribution in [2.45, 2.75) is 29.5 Å². The average molecular weight is 514 g/mol. The van der Waals surface area contributed by atoms with Crippen LogP contribution in [0.15, 0.2) is 28.5 Å². The van der Waals surface area contributed by atoms with Crippen LogP contribution < -0.4 is 9.47 Å². The average Bonchev–Trinajstić information content (AvgIpc) is 3.23. The van der Waals surface area contributed by atoms with E-state index >= 15 is 0 Å². The predicted octanol–water partition coefficient (Wildman–Crippen LogP) is 6.53. The Kier molecular flexibility index (Phi) is 6.51. The van der Waals surface area contributed by atoms with E-state index in [0.29, 0.717) is 11.3 Å². The number of thioether (sulfide) groups is 1. The first-order valence-electron chi connectivity index (χ1n) is 8.62. The number of esters is 1. The van der Waals surface area contributed by atoms with Gasteiger partial charge in [-0.2, -0.15) is 22.0 Å². The molecule has 0 aliphatic rings. The van der Waals surface area contributed by atoms with Crippen molar-refractivity contribution < 1.29 is 41.0 Å². The van der Waals surface area contributed by atoms with E-state index < -0.39 is 39.3 Å². The Hall–Kier alpha value is -2.31. The van der Waals surface area contributed by atoms with Crippen molar-refractivity contribution in [1.29, 1.82) is 0 Å². The van der Waals surface area contributed by atoms with Crippen molar-refractivity contribution in [3.8, 4) is 11.5 Å². The van der Waals surface area contributed by atoms with Gasteiger partial charge in [0, 0.05) is 6.92 Å². The molecular formula is C19H13ClF5NO4S2. The summed E-state index contributed by atoms with van der Waals surface area (Å²) >= 11 is 6.14. The molecule has 0 atom stereocenters. The molecular weight excluding hydrogens is 501 g/mol. The summed E-state index contributed by atoms with van der Waals surface area (Å²) in [5.74, 6) is -1.15. The summed E-state index contributed by atoms with van der Waals surface area (Å²) in [7, 11) is 1.37. The number of methoxy groups -OCH3 is 1. The molecule has 0 saturated carbocycles. The summed E-state index contributed by atoms with van der Waals surface area (Å²) in [5.41, 5.74) is 0.413. The van der Waals surface area contributed by atoms with E-state index in [-0.39, 0.29) is 38.0 Å². The normalized spacial score (nSPS) is 12.3. The van der Waals surface area contributed by atoms with Crippen LogP contribution in [0.4, 0.5) is 22.0 Å². The van der Waals surface area contributed by atoms with Gasteiger partial charge in [-0.15, -0.1) is 11.3 Å². The number of carbonyl (C=O) groups excluding carboxylic acids is 2. The number of ether oxygens (including phenoxy) is 2. The number of carbonyl (C=O) groups is 2. The molecule has 0 spiro atoms. The van der Waals surface area contributed by atoms with Gasteiger partial charge in [-0.1, -0.05) is 11.6 Å². The van der Waals surface area contributed by atoms with Crippen molar-refractivity contribution in [3.05, 3.63) is 39.9 Å². The summed E-state index contributed by atoms with van der Waals surface area (Å²) in [5, 5.41) is -4.73. The Morgan fingerprint density at radius 3 is 2.34 bits per heavy atom. The Labute approximate surface area is 191 Å². The minimum atomic E-state index is -5.74. The van der Waals surface area contributed by atoms with Gasteiger partial charge in [-0.25, -0.2) is 0 Å². The molecule has 13 heteroatoms. The number of hydrogen-bond donors (Lipinski definition) is 0. The quantitative estimate of drug-likeness (QED) is 0.220. The third kappa shape index (κ3) is 4.30. The highest BCUT2D eigenvalue weighted by Crippen LogP contribution is 2.49. The summed E-state index contributed by atoms with van der Waals surface area (Å²) in [6, 6.07) is 5.11. The first-order valence-corrected chi connectivity index (χ1v) is 10.6. The molecule has 0 fully saturated rings. The third-order valence-corrected chi connectivity index (χ3v) is 6.80. The van der Waals surface area contributed by atoms with Crippen LogP contribution in [0.1, 0.15) is 22.3 Å². The lowest BCUT2D eigenvalue weighted by Crippen LogP contribution is -2.32. The Balaban J connectivity index is 2.10. The van der Waals surface area contributed by atoms with Crippen LogP contribution in [-0.4, -0.2) is 35.0 Å². The van der Waals surface area contributed by atoms with Gasteiger partial charge in [0.05, 0.1) is 37.8 Å². The maximum atomic E-state index is 13.3. The molecule has 0 amide bonds. The largest absolute Gasteiger partial charge is 0.495 e. The fourth-order valence-electron chi connectivity index (χ4n) is 2.88. The smallest absolute Gasteiger partial charge is 0.464 e. The summed E-state index contributed by atoms with van der Waals surface area (Å²) in [6.45, 7) is 2.63. The lowest BCUT2D eigenvalue weighted by atomic mass is 10.2. The van der Waals surface area contributed by atoms with Crippen molar-refractivity contribution in [2.24, 2.45) is 0 Å². The maximum absolute atomic E-state index is 13.3. The van der Waals surface area contributed by atoms with E-state index in [1.807, 2.05) is 0 Å². The fraction of sp³-hybridized carbons (Fsp3) is 0.263. The van der Waals surface area contributed by atoms with E-state index in [4.69, 9.17) is 21.1 Å². The number of rotatable bonds is 5. The van der Waals surface area contributed by atoms with E-state index in [1.54, 1.807) is 0 Å². The van der Waals surface area contributed by atoms with Gasteiger partial charge < -0.3 is 9.47 Å². The van der Waals surface area contributed by atoms with Crippen LogP contribution in [0, 0.1) is 6.92 Å². The molecule has 2 aromatic heterocycles. The molecule has 0 aliphatic heterocycles. The number of nitrogens with zero attached hydrogens (tertiary/aromatic N) is 1. The standard InChI is InChI=1S/C19H13ClF5NO4S2/c1-8-16(30-9(2)27)14-10(4-5-11(29-3)15(14)20)26(8)17(28)12-6-7-13(31-12)32-19(24,25)18(21,22)23/h4-7H,1-3H3. The van der Waals surface area contributed by atoms with Crippen LogP contribution in [-0.2, 0) is 4.79 Å². The first kappa shape index (κ1) is 24.3. The highest BCUT2D eigenvalue weighted by Gasteiger charge is 2.58. The van der Waals surface area contributed by atoms with Crippen molar-refractivity contribution in [1.82, 2.24) is 4.57 Å². The minimum absolute atomic E-state index is 0.000454. The molecule has 5 nitrogen and oxygen atoms in total. The van der Waals surface area contributed by atoms with Gasteiger partial charge >= 0.3 is 17.4 Å². The molecule has 172 valence electrons. The second kappa shape index (κ2) is 8.56. The third-order valence-electron chi connectivity index (χ3n) is 4.24. The molecule has 0 N–H and O–H groups in total. The second-order valence-electron chi connectivity index (χ2n) is 6.36. The molecule has 3 rings (SSSR count). The predicted molar refractivity (Wildman–Crippen MR) is 110 cm³/mol. The zero-order valence-electron chi connectivity index (χ0n) is 16.5. The highest BCUT2D eigenvalue weighted by molar-refractivity contribution is 8.02. The van der Waals surface area contributed by atoms with Gasteiger partial charge in [-0.05, 0) is 43.0 Å². The first-order chi connectivity index (χ1) is 14.8. The number of thiophene rings is 1. The van der Waals surface area contributed by atoms with Crippen LogP contribution >= 0.6 is 34.7 Å². The Morgan fingerprint density at radius 1 is 1.12 bits per heavy atom. The molecule has 3 aromatic rings. The number of alkyl halides is 5. The number of fused-ring (bicyclic) bond motifs is 1. The second-order valence-corrected chi connectivity index (χ2v) is 9.24. The van der Waals surface area contributed by atoms with Gasteiger partial charge in [0.2, 0.25) is 0 Å². The Bertz CT molecular complexity index is 1220. The number of hydrogen-bond acceptors (Lipinski definition) is 6. The number of aromatic nitrogens is 1. The van der Waals surface area contributed by atoms with E-state index in [2.05, 4.69) is 0 Å². The van der Waals surface area contributed by atoms with Crippen LogP contribution in [0.25, 0.3) is 10.9 Å². The van der Waals surface area contributed by atoms with Gasteiger partial charge in [0.15, 0.2) is 5.75 Å². The molecule has 1 aromatic carbocycles. The van der Waals surface area contributed by atoms with Gasteiger partial charge in [0.1, 0.15) is 5.75 Å². The maximum Gasteiger partial charge on any atom is 0.464 e. The molecule has 0 unspecified atom stereocenters. The molecule has 0 saturated heterocycles. The van der Waals surface area contributed by atoms with Gasteiger partial charge in [0.25, 0.3) is 5.91 Å².